The van der Waals surface area contributed by atoms with Crippen molar-refractivity contribution in [2.24, 2.45) is 17.8 Å². The third-order valence-corrected chi connectivity index (χ3v) is 15.4. The topological polar surface area (TPSA) is 3.24 Å². The first-order valence-electron chi connectivity index (χ1n) is 22.5. The molecule has 4 fully saturated rings. The summed E-state index contributed by atoms with van der Waals surface area (Å²) < 4.78 is 0. The number of nitrogens with zero attached hydrogens (tertiary/aromatic N) is 1. The monoisotopic (exact) mass is 773 g/mol. The molecule has 13 rings (SSSR count). The Balaban J connectivity index is 0.961. The molecule has 4 saturated carbocycles. The van der Waals surface area contributed by atoms with Crippen LogP contribution in [0, 0.1) is 17.8 Å². The van der Waals surface area contributed by atoms with Crippen LogP contribution in [-0.2, 0) is 10.8 Å². The van der Waals surface area contributed by atoms with E-state index in [1.165, 1.54) is 99.4 Å². The van der Waals surface area contributed by atoms with E-state index in [1.54, 1.807) is 5.56 Å². The van der Waals surface area contributed by atoms with Crippen molar-refractivity contribution >= 4 is 33.3 Å². The third kappa shape index (κ3) is 5.68. The molecule has 0 amide bonds. The number of fused-ring (bicyclic) bond motifs is 4. The van der Waals surface area contributed by atoms with E-state index in [-0.39, 0.29) is 5.41 Å². The van der Waals surface area contributed by atoms with E-state index in [0.29, 0.717) is 5.41 Å². The lowest BCUT2D eigenvalue weighted by molar-refractivity contribution is -0.00518. The van der Waals surface area contributed by atoms with Gasteiger partial charge < -0.3 is 4.90 Å². The minimum Gasteiger partial charge on any atom is -0.309 e. The SMILES string of the molecule is CC1(C)c2ccccc2-c2ccc(N(C3=CC=C=C=C3c3cccc4cccc(C5=CC=CCC5)c34)c3ccc(-c4ccc(C56CC7CC(CC(C7)C5)C6)cc4)cc3)cc21. The first kappa shape index (κ1) is 35.8. The van der Waals surface area contributed by atoms with Crippen molar-refractivity contribution in [3.63, 3.8) is 0 Å². The molecule has 6 aromatic rings. The maximum atomic E-state index is 3.67. The molecule has 4 bridgehead atoms. The van der Waals surface area contributed by atoms with E-state index in [0.717, 1.165) is 53.2 Å². The van der Waals surface area contributed by atoms with Crippen LogP contribution in [-0.4, -0.2) is 0 Å². The average Bonchev–Trinajstić information content (AvgIpc) is 3.51. The van der Waals surface area contributed by atoms with E-state index in [2.05, 4.69) is 182 Å². The predicted octanol–water partition coefficient (Wildman–Crippen LogP) is 15.4. The van der Waals surface area contributed by atoms with Crippen molar-refractivity contribution in [3.05, 3.63) is 203 Å². The molecule has 0 N–H and O–H groups in total. The van der Waals surface area contributed by atoms with E-state index in [1.807, 2.05) is 6.08 Å². The van der Waals surface area contributed by atoms with Crippen LogP contribution in [0.15, 0.2) is 175 Å². The molecular formula is C59H51N. The lowest BCUT2D eigenvalue weighted by atomic mass is 9.48. The van der Waals surface area contributed by atoms with Crippen LogP contribution in [0.1, 0.15) is 93.0 Å². The Morgan fingerprint density at radius 1 is 0.600 bits per heavy atom. The van der Waals surface area contributed by atoms with Gasteiger partial charge in [0.05, 0.1) is 11.3 Å². The predicted molar refractivity (Wildman–Crippen MR) is 251 cm³/mol. The minimum absolute atomic E-state index is 0.119. The summed E-state index contributed by atoms with van der Waals surface area (Å²) in [5, 5.41) is 2.52. The smallest absolute Gasteiger partial charge is 0.0631 e. The third-order valence-electron chi connectivity index (χ3n) is 15.4. The quantitative estimate of drug-likeness (QED) is 0.146. The molecule has 292 valence electrons. The van der Waals surface area contributed by atoms with Gasteiger partial charge in [0.15, 0.2) is 0 Å². The number of hydrogen-bond acceptors (Lipinski definition) is 1. The minimum atomic E-state index is -0.119. The van der Waals surface area contributed by atoms with Crippen LogP contribution in [0.25, 0.3) is 44.2 Å². The molecule has 0 unspecified atom stereocenters. The number of anilines is 2. The summed E-state index contributed by atoms with van der Waals surface area (Å²) in [4.78, 5) is 2.46. The highest BCUT2D eigenvalue weighted by Gasteiger charge is 2.51. The van der Waals surface area contributed by atoms with Gasteiger partial charge in [0.1, 0.15) is 0 Å². The first-order valence-corrected chi connectivity index (χ1v) is 22.5. The van der Waals surface area contributed by atoms with Crippen LogP contribution in [0.5, 0.6) is 0 Å². The largest absolute Gasteiger partial charge is 0.309 e. The zero-order valence-electron chi connectivity index (χ0n) is 34.8. The van der Waals surface area contributed by atoms with Crippen LogP contribution < -0.4 is 4.90 Å². The molecular weight excluding hydrogens is 723 g/mol. The van der Waals surface area contributed by atoms with Gasteiger partial charge in [0.2, 0.25) is 0 Å². The van der Waals surface area contributed by atoms with Crippen molar-refractivity contribution in [2.45, 2.75) is 76.0 Å². The Morgan fingerprint density at radius 3 is 1.97 bits per heavy atom. The Morgan fingerprint density at radius 2 is 1.25 bits per heavy atom. The van der Waals surface area contributed by atoms with E-state index in [9.17, 15) is 0 Å². The molecule has 6 aromatic carbocycles. The summed E-state index contributed by atoms with van der Waals surface area (Å²) in [6.45, 7) is 4.75. The summed E-state index contributed by atoms with van der Waals surface area (Å²) >= 11 is 0. The van der Waals surface area contributed by atoms with Gasteiger partial charge in [-0.2, -0.15) is 0 Å². The molecule has 0 heterocycles. The van der Waals surface area contributed by atoms with Gasteiger partial charge in [-0.3, -0.25) is 0 Å². The second kappa shape index (κ2) is 13.7. The fraction of sp³-hybridized carbons (Fsp3) is 0.254. The van der Waals surface area contributed by atoms with Crippen molar-refractivity contribution < 1.29 is 0 Å². The highest BCUT2D eigenvalue weighted by atomic mass is 15.2. The van der Waals surface area contributed by atoms with Gasteiger partial charge in [-0.25, -0.2) is 0 Å². The van der Waals surface area contributed by atoms with Crippen LogP contribution in [0.2, 0.25) is 0 Å². The maximum Gasteiger partial charge on any atom is 0.0631 e. The molecule has 0 aromatic heterocycles. The van der Waals surface area contributed by atoms with E-state index in [4.69, 9.17) is 0 Å². The second-order valence-electron chi connectivity index (χ2n) is 19.3. The Bertz CT molecular complexity index is 2890. The average molecular weight is 774 g/mol. The van der Waals surface area contributed by atoms with Crippen LogP contribution >= 0.6 is 0 Å². The standard InChI is InChI=1S/C59H51N/c1-58(2)54-20-8-6-16-50(54)51-31-30-48(35-55(51)58)60(56-21-9-7-17-52(56)53-19-11-15-45-14-10-18-49(57(45)53)44-12-4-3-5-13-44)47-28-24-43(25-29-47)42-22-26-46(27-23-42)59-36-39-32-40(37-59)34-41(33-39)38-59/h3-4,6,8-12,14-16,18-31,35,39-41H,5,13,32-34,36-38H2,1-2H3. The first-order chi connectivity index (χ1) is 29.4. The molecule has 0 aliphatic heterocycles. The van der Waals surface area contributed by atoms with Crippen molar-refractivity contribution in [2.75, 3.05) is 4.90 Å². The van der Waals surface area contributed by atoms with Gasteiger partial charge in [-0.1, -0.05) is 147 Å². The molecule has 0 atom stereocenters. The number of allylic oxidation sites excluding steroid dienone is 7. The fourth-order valence-corrected chi connectivity index (χ4v) is 13.0. The van der Waals surface area contributed by atoms with Crippen molar-refractivity contribution in [1.82, 2.24) is 0 Å². The Hall–Kier alpha value is -6.10. The van der Waals surface area contributed by atoms with Crippen molar-refractivity contribution in [1.29, 1.82) is 0 Å². The fourth-order valence-electron chi connectivity index (χ4n) is 13.0. The molecule has 1 heteroatoms. The normalized spacial score (nSPS) is 23.9. The molecule has 1 nitrogen and oxygen atoms in total. The molecule has 0 radical (unpaired) electrons. The highest BCUT2D eigenvalue weighted by molar-refractivity contribution is 6.05. The summed E-state index contributed by atoms with van der Waals surface area (Å²) in [6, 6.07) is 48.6. The van der Waals surface area contributed by atoms with Gasteiger partial charge in [0, 0.05) is 22.4 Å². The van der Waals surface area contributed by atoms with Gasteiger partial charge in [-0.05, 0) is 172 Å². The Labute approximate surface area is 355 Å². The molecule has 60 heavy (non-hydrogen) atoms. The molecule has 0 spiro atoms. The number of rotatable bonds is 7. The maximum absolute atomic E-state index is 3.67. The molecule has 7 aliphatic carbocycles. The number of hydrogen-bond donors (Lipinski definition) is 0. The summed E-state index contributed by atoms with van der Waals surface area (Å²) in [7, 11) is 0. The van der Waals surface area contributed by atoms with E-state index >= 15 is 0 Å². The number of benzene rings is 6. The van der Waals surface area contributed by atoms with Crippen LogP contribution in [0.3, 0.4) is 0 Å². The lowest BCUT2D eigenvalue weighted by Crippen LogP contribution is -2.48. The molecule has 7 aliphatic rings. The molecule has 0 saturated heterocycles. The van der Waals surface area contributed by atoms with Gasteiger partial charge >= 0.3 is 0 Å². The van der Waals surface area contributed by atoms with Gasteiger partial charge in [-0.15, -0.1) is 0 Å². The zero-order chi connectivity index (χ0) is 40.0. The highest BCUT2D eigenvalue weighted by Crippen LogP contribution is 2.61. The summed E-state index contributed by atoms with van der Waals surface area (Å²) in [5.74, 6) is 2.86. The van der Waals surface area contributed by atoms with Gasteiger partial charge in [0.25, 0.3) is 0 Å². The summed E-state index contributed by atoms with van der Waals surface area (Å²) in [5.41, 5.74) is 25.2. The zero-order valence-corrected chi connectivity index (χ0v) is 34.8. The van der Waals surface area contributed by atoms with Crippen LogP contribution in [0.4, 0.5) is 11.4 Å². The Kier molecular flexibility index (Phi) is 8.19. The van der Waals surface area contributed by atoms with Crippen molar-refractivity contribution in [3.8, 4) is 22.3 Å². The summed E-state index contributed by atoms with van der Waals surface area (Å²) in [6.07, 6.45) is 21.8. The van der Waals surface area contributed by atoms with E-state index < -0.39 is 0 Å². The lowest BCUT2D eigenvalue weighted by Gasteiger charge is -2.57. The second-order valence-corrected chi connectivity index (χ2v) is 19.3.